The Kier molecular flexibility index (Phi) is 9.08. The third-order valence-electron chi connectivity index (χ3n) is 6.21. The SMILES string of the molecule is O=C(Nc1cc(S)ccc1O)c1cc(OCc2ccccc2)c(OCc2ccccc2)c(OCc2ccccc2)c1. The third kappa shape index (κ3) is 7.62. The lowest BCUT2D eigenvalue weighted by Crippen LogP contribution is -2.13. The second-order valence-corrected chi connectivity index (χ2v) is 9.80. The number of aromatic hydroxyl groups is 1. The van der Waals surface area contributed by atoms with Crippen LogP contribution in [-0.2, 0) is 19.8 Å². The monoisotopic (exact) mass is 563 g/mol. The smallest absolute Gasteiger partial charge is 0.256 e. The van der Waals surface area contributed by atoms with Gasteiger partial charge in [-0.1, -0.05) is 91.0 Å². The Labute approximate surface area is 244 Å². The normalized spacial score (nSPS) is 10.6. The highest BCUT2D eigenvalue weighted by molar-refractivity contribution is 7.80. The molecule has 5 rings (SSSR count). The lowest BCUT2D eigenvalue weighted by atomic mass is 10.1. The summed E-state index contributed by atoms with van der Waals surface area (Å²) in [5.41, 5.74) is 3.40. The van der Waals surface area contributed by atoms with Crippen LogP contribution < -0.4 is 19.5 Å². The highest BCUT2D eigenvalue weighted by Crippen LogP contribution is 2.41. The molecule has 41 heavy (non-hydrogen) atoms. The van der Waals surface area contributed by atoms with E-state index >= 15 is 0 Å². The summed E-state index contributed by atoms with van der Waals surface area (Å²) in [6, 6.07) is 37.2. The first-order valence-corrected chi connectivity index (χ1v) is 13.5. The predicted octanol–water partition coefficient (Wildman–Crippen LogP) is 7.67. The van der Waals surface area contributed by atoms with Gasteiger partial charge in [0.15, 0.2) is 11.5 Å². The summed E-state index contributed by atoms with van der Waals surface area (Å²) in [7, 11) is 0. The molecule has 0 heterocycles. The van der Waals surface area contributed by atoms with Crippen LogP contribution in [0.2, 0.25) is 0 Å². The molecule has 0 aliphatic carbocycles. The Morgan fingerprint density at radius 2 is 1.10 bits per heavy atom. The quantitative estimate of drug-likeness (QED) is 0.114. The number of carbonyl (C=O) groups is 1. The number of phenolic OH excluding ortho intramolecular Hbond substituents is 1. The molecule has 206 valence electrons. The van der Waals surface area contributed by atoms with Crippen LogP contribution >= 0.6 is 12.6 Å². The van der Waals surface area contributed by atoms with Gasteiger partial charge in [-0.3, -0.25) is 4.79 Å². The Morgan fingerprint density at radius 3 is 1.59 bits per heavy atom. The highest BCUT2D eigenvalue weighted by atomic mass is 32.1. The maximum absolute atomic E-state index is 13.4. The number of benzene rings is 5. The predicted molar refractivity (Wildman–Crippen MR) is 162 cm³/mol. The molecule has 0 radical (unpaired) electrons. The van der Waals surface area contributed by atoms with Crippen molar-refractivity contribution in [3.63, 3.8) is 0 Å². The van der Waals surface area contributed by atoms with E-state index in [9.17, 15) is 9.90 Å². The van der Waals surface area contributed by atoms with Gasteiger partial charge in [-0.15, -0.1) is 12.6 Å². The molecule has 0 atom stereocenters. The summed E-state index contributed by atoms with van der Waals surface area (Å²) in [5.74, 6) is 0.570. The molecule has 6 nitrogen and oxygen atoms in total. The van der Waals surface area contributed by atoms with Crippen molar-refractivity contribution in [2.75, 3.05) is 5.32 Å². The second-order valence-electron chi connectivity index (χ2n) is 9.28. The van der Waals surface area contributed by atoms with E-state index in [4.69, 9.17) is 14.2 Å². The molecule has 0 saturated heterocycles. The van der Waals surface area contributed by atoms with E-state index in [0.717, 1.165) is 16.7 Å². The topological polar surface area (TPSA) is 77.0 Å². The van der Waals surface area contributed by atoms with Gasteiger partial charge in [0.1, 0.15) is 25.6 Å². The van der Waals surface area contributed by atoms with Gasteiger partial charge in [0.2, 0.25) is 5.75 Å². The third-order valence-corrected chi connectivity index (χ3v) is 6.49. The number of amides is 1. The van der Waals surface area contributed by atoms with Gasteiger partial charge in [0, 0.05) is 10.5 Å². The van der Waals surface area contributed by atoms with Crippen LogP contribution in [0, 0.1) is 0 Å². The summed E-state index contributed by atoms with van der Waals surface area (Å²) in [4.78, 5) is 14.0. The summed E-state index contributed by atoms with van der Waals surface area (Å²) in [6.07, 6.45) is 0. The van der Waals surface area contributed by atoms with Crippen LogP contribution in [0.1, 0.15) is 27.0 Å². The molecule has 1 amide bonds. The molecule has 0 aliphatic heterocycles. The van der Waals surface area contributed by atoms with Crippen LogP contribution in [0.4, 0.5) is 5.69 Å². The molecule has 2 N–H and O–H groups in total. The van der Waals surface area contributed by atoms with Crippen molar-refractivity contribution in [1.29, 1.82) is 0 Å². The summed E-state index contributed by atoms with van der Waals surface area (Å²) >= 11 is 4.32. The number of anilines is 1. The van der Waals surface area contributed by atoms with Crippen LogP contribution in [0.3, 0.4) is 0 Å². The molecular formula is C34H29NO5S. The standard InChI is InChI=1S/C34H29NO5S/c36-30-17-16-28(41)20-29(30)35-34(37)27-18-31(38-21-24-10-4-1-5-11-24)33(40-23-26-14-8-3-9-15-26)32(19-27)39-22-25-12-6-2-7-13-25/h1-20,36,41H,21-23H2,(H,35,37). The minimum absolute atomic E-state index is 0.0694. The molecule has 5 aromatic rings. The van der Waals surface area contributed by atoms with E-state index in [1.807, 2.05) is 91.0 Å². The Hall–Kier alpha value is -4.88. The van der Waals surface area contributed by atoms with Crippen molar-refractivity contribution < 1.29 is 24.1 Å². The maximum Gasteiger partial charge on any atom is 0.256 e. The van der Waals surface area contributed by atoms with Crippen LogP contribution in [-0.4, -0.2) is 11.0 Å². The number of nitrogens with one attached hydrogen (secondary N) is 1. The van der Waals surface area contributed by atoms with E-state index in [1.54, 1.807) is 24.3 Å². The van der Waals surface area contributed by atoms with Crippen LogP contribution in [0.25, 0.3) is 0 Å². The molecule has 0 unspecified atom stereocenters. The Morgan fingerprint density at radius 1 is 0.634 bits per heavy atom. The fourth-order valence-corrected chi connectivity index (χ4v) is 4.29. The molecule has 5 aromatic carbocycles. The minimum Gasteiger partial charge on any atom is -0.506 e. The molecular weight excluding hydrogens is 534 g/mol. The molecule has 0 bridgehead atoms. The largest absolute Gasteiger partial charge is 0.506 e. The van der Waals surface area contributed by atoms with Crippen molar-refractivity contribution in [1.82, 2.24) is 0 Å². The van der Waals surface area contributed by atoms with Crippen molar-refractivity contribution >= 4 is 24.2 Å². The molecule has 0 aliphatic rings. The molecule has 0 aromatic heterocycles. The van der Waals surface area contributed by atoms with Gasteiger partial charge in [0.05, 0.1) is 5.69 Å². The second kappa shape index (κ2) is 13.5. The zero-order valence-corrected chi connectivity index (χ0v) is 23.1. The first-order chi connectivity index (χ1) is 20.0. The van der Waals surface area contributed by atoms with Gasteiger partial charge in [0.25, 0.3) is 5.91 Å². The van der Waals surface area contributed by atoms with Crippen molar-refractivity contribution in [3.05, 3.63) is 144 Å². The number of ether oxygens (including phenoxy) is 3. The van der Waals surface area contributed by atoms with E-state index in [2.05, 4.69) is 17.9 Å². The summed E-state index contributed by atoms with van der Waals surface area (Å²) in [5, 5.41) is 13.0. The van der Waals surface area contributed by atoms with Gasteiger partial charge in [-0.25, -0.2) is 0 Å². The van der Waals surface area contributed by atoms with E-state index in [1.165, 1.54) is 6.07 Å². The number of rotatable bonds is 11. The maximum atomic E-state index is 13.4. The molecule has 0 spiro atoms. The number of phenols is 1. The van der Waals surface area contributed by atoms with E-state index in [0.29, 0.717) is 22.1 Å². The molecule has 7 heteroatoms. The van der Waals surface area contributed by atoms with Crippen molar-refractivity contribution in [3.8, 4) is 23.0 Å². The van der Waals surface area contributed by atoms with Gasteiger partial charge < -0.3 is 24.6 Å². The van der Waals surface area contributed by atoms with Crippen LogP contribution in [0.15, 0.2) is 126 Å². The zero-order chi connectivity index (χ0) is 28.4. The first kappa shape index (κ1) is 27.7. The van der Waals surface area contributed by atoms with Gasteiger partial charge in [-0.2, -0.15) is 0 Å². The molecule has 0 fully saturated rings. The van der Waals surface area contributed by atoms with E-state index < -0.39 is 5.91 Å². The summed E-state index contributed by atoms with van der Waals surface area (Å²) < 4.78 is 18.8. The Balaban J connectivity index is 1.51. The zero-order valence-electron chi connectivity index (χ0n) is 22.2. The van der Waals surface area contributed by atoms with Gasteiger partial charge in [-0.05, 0) is 47.0 Å². The Bertz CT molecular complexity index is 1530. The number of hydrogen-bond acceptors (Lipinski definition) is 6. The fraction of sp³-hybridized carbons (Fsp3) is 0.0882. The minimum atomic E-state index is -0.456. The first-order valence-electron chi connectivity index (χ1n) is 13.1. The molecule has 0 saturated carbocycles. The number of thiol groups is 1. The van der Waals surface area contributed by atoms with E-state index in [-0.39, 0.29) is 36.8 Å². The highest BCUT2D eigenvalue weighted by Gasteiger charge is 2.20. The average molecular weight is 564 g/mol. The van der Waals surface area contributed by atoms with Crippen molar-refractivity contribution in [2.24, 2.45) is 0 Å². The summed E-state index contributed by atoms with van der Waals surface area (Å²) in [6.45, 7) is 0.792. The van der Waals surface area contributed by atoms with Crippen LogP contribution in [0.5, 0.6) is 23.0 Å². The fourth-order valence-electron chi connectivity index (χ4n) is 4.08. The lowest BCUT2D eigenvalue weighted by molar-refractivity contribution is 0.102. The lowest BCUT2D eigenvalue weighted by Gasteiger charge is -2.19. The average Bonchev–Trinajstić information content (AvgIpc) is 3.01. The van der Waals surface area contributed by atoms with Gasteiger partial charge >= 0.3 is 0 Å². The number of carbonyl (C=O) groups excluding carboxylic acids is 1. The van der Waals surface area contributed by atoms with Crippen molar-refractivity contribution in [2.45, 2.75) is 24.7 Å². The number of hydrogen-bond donors (Lipinski definition) is 3.